The van der Waals surface area contributed by atoms with Crippen LogP contribution in [0.4, 0.5) is 13.2 Å². The van der Waals surface area contributed by atoms with Gasteiger partial charge < -0.3 is 10.1 Å². The molecule has 2 atom stereocenters. The summed E-state index contributed by atoms with van der Waals surface area (Å²) in [5.41, 5.74) is -0.102. The van der Waals surface area contributed by atoms with Gasteiger partial charge in [-0.1, -0.05) is 30.8 Å². The third kappa shape index (κ3) is 10.0. The van der Waals surface area contributed by atoms with Crippen molar-refractivity contribution in [3.05, 3.63) is 71.6 Å². The van der Waals surface area contributed by atoms with Gasteiger partial charge in [-0.25, -0.2) is 13.2 Å². The quantitative estimate of drug-likeness (QED) is 0.313. The zero-order valence-corrected chi connectivity index (χ0v) is 19.2. The normalized spacial score (nSPS) is 17.2. The number of benzene rings is 1. The van der Waals surface area contributed by atoms with Gasteiger partial charge in [-0.15, -0.1) is 0 Å². The second-order valence-corrected chi connectivity index (χ2v) is 8.78. The van der Waals surface area contributed by atoms with Crippen molar-refractivity contribution in [1.29, 1.82) is 5.41 Å². The van der Waals surface area contributed by atoms with Crippen LogP contribution in [-0.2, 0) is 9.53 Å². The Morgan fingerprint density at radius 3 is 2.55 bits per heavy atom. The fourth-order valence-electron chi connectivity index (χ4n) is 2.48. The molecular weight excluding hydrogens is 425 g/mol. The van der Waals surface area contributed by atoms with Crippen LogP contribution in [0.5, 0.6) is 0 Å². The molecule has 1 aliphatic carbocycles. The van der Waals surface area contributed by atoms with Gasteiger partial charge in [0.1, 0.15) is 17.5 Å². The molecule has 2 rings (SSSR count). The SMILES string of the molecule is CC(C)OC1C=CC=C(F)C=C1.CCC(C)(NC(C)=O)SC(=N)c1cc(F)ccc1F. The summed E-state index contributed by atoms with van der Waals surface area (Å²) in [5.74, 6) is -1.72. The fourth-order valence-corrected chi connectivity index (χ4v) is 3.53. The standard InChI is InChI=1S/C13H16F2N2OS.C10H13FO/c1-4-13(3,17-8(2)18)19-12(16)10-7-9(14)5-6-11(10)15;1-8(2)12-10-5-3-4-9(11)6-7-10/h5-7,16H,4H2,1-3H3,(H,17,18);3-8,10H,1-2H3. The maximum atomic E-state index is 13.6. The second-order valence-electron chi connectivity index (χ2n) is 7.27. The van der Waals surface area contributed by atoms with Crippen LogP contribution in [0.3, 0.4) is 0 Å². The van der Waals surface area contributed by atoms with E-state index in [1.807, 2.05) is 26.8 Å². The van der Waals surface area contributed by atoms with Crippen LogP contribution < -0.4 is 5.32 Å². The van der Waals surface area contributed by atoms with Crippen LogP contribution in [0, 0.1) is 17.0 Å². The lowest BCUT2D eigenvalue weighted by Gasteiger charge is -2.28. The van der Waals surface area contributed by atoms with Crippen LogP contribution in [-0.4, -0.2) is 28.0 Å². The Kier molecular flexibility index (Phi) is 10.8. The zero-order valence-electron chi connectivity index (χ0n) is 18.3. The predicted octanol–water partition coefficient (Wildman–Crippen LogP) is 6.05. The summed E-state index contributed by atoms with van der Waals surface area (Å²) in [5, 5.41) is 10.5. The second kappa shape index (κ2) is 12.5. The van der Waals surface area contributed by atoms with E-state index in [4.69, 9.17) is 10.1 Å². The Bertz CT molecular complexity index is 868. The van der Waals surface area contributed by atoms with Gasteiger partial charge in [-0.05, 0) is 63.6 Å². The molecule has 0 fully saturated rings. The Labute approximate surface area is 186 Å². The number of carbonyl (C=O) groups excluding carboxylic acids is 1. The molecule has 0 saturated carbocycles. The van der Waals surface area contributed by atoms with E-state index in [0.29, 0.717) is 6.42 Å². The van der Waals surface area contributed by atoms with Crippen LogP contribution in [0.2, 0.25) is 0 Å². The highest BCUT2D eigenvalue weighted by Gasteiger charge is 2.27. The van der Waals surface area contributed by atoms with Crippen molar-refractivity contribution in [1.82, 2.24) is 5.32 Å². The summed E-state index contributed by atoms with van der Waals surface area (Å²) in [4.78, 5) is 10.4. The Balaban J connectivity index is 0.000000343. The molecule has 0 saturated heterocycles. The molecule has 0 heterocycles. The number of hydrogen-bond donors (Lipinski definition) is 2. The lowest BCUT2D eigenvalue weighted by Crippen LogP contribution is -2.42. The number of nitrogens with one attached hydrogen (secondary N) is 2. The molecule has 170 valence electrons. The summed E-state index contributed by atoms with van der Waals surface area (Å²) in [7, 11) is 0. The van der Waals surface area contributed by atoms with Crippen molar-refractivity contribution in [2.24, 2.45) is 0 Å². The molecule has 2 N–H and O–H groups in total. The van der Waals surface area contributed by atoms with E-state index in [-0.39, 0.29) is 34.5 Å². The minimum Gasteiger partial charge on any atom is -0.367 e. The molecule has 1 aromatic rings. The van der Waals surface area contributed by atoms with E-state index in [9.17, 15) is 18.0 Å². The number of rotatable bonds is 6. The van der Waals surface area contributed by atoms with Gasteiger partial charge in [0, 0.05) is 12.5 Å². The van der Waals surface area contributed by atoms with Crippen molar-refractivity contribution >= 4 is 22.7 Å². The van der Waals surface area contributed by atoms with Gasteiger partial charge in [0.15, 0.2) is 0 Å². The topological polar surface area (TPSA) is 62.2 Å². The summed E-state index contributed by atoms with van der Waals surface area (Å²) >= 11 is 0.996. The monoisotopic (exact) mass is 454 g/mol. The predicted molar refractivity (Wildman–Crippen MR) is 121 cm³/mol. The largest absolute Gasteiger partial charge is 0.367 e. The number of carbonyl (C=O) groups is 1. The minimum atomic E-state index is -0.721. The van der Waals surface area contributed by atoms with E-state index < -0.39 is 16.5 Å². The molecule has 0 radical (unpaired) electrons. The third-order valence-electron chi connectivity index (χ3n) is 4.05. The van der Waals surface area contributed by atoms with Gasteiger partial charge in [-0.3, -0.25) is 10.2 Å². The summed E-state index contributed by atoms with van der Waals surface area (Å²) in [6, 6.07) is 2.97. The molecule has 1 aromatic carbocycles. The lowest BCUT2D eigenvalue weighted by atomic mass is 10.2. The number of halogens is 3. The van der Waals surface area contributed by atoms with Crippen LogP contribution in [0.1, 0.15) is 46.6 Å². The molecule has 31 heavy (non-hydrogen) atoms. The molecule has 1 aliphatic rings. The van der Waals surface area contributed by atoms with Crippen LogP contribution in [0.25, 0.3) is 0 Å². The maximum Gasteiger partial charge on any atom is 0.217 e. The van der Waals surface area contributed by atoms with Crippen molar-refractivity contribution < 1.29 is 22.7 Å². The van der Waals surface area contributed by atoms with Gasteiger partial charge in [-0.2, -0.15) is 0 Å². The van der Waals surface area contributed by atoms with Gasteiger partial charge in [0.25, 0.3) is 0 Å². The first-order valence-corrected chi connectivity index (χ1v) is 10.7. The molecule has 1 amide bonds. The van der Waals surface area contributed by atoms with Gasteiger partial charge in [0.2, 0.25) is 5.91 Å². The highest BCUT2D eigenvalue weighted by molar-refractivity contribution is 8.15. The number of allylic oxidation sites excluding steroid dienone is 4. The highest BCUT2D eigenvalue weighted by Crippen LogP contribution is 2.30. The molecule has 8 heteroatoms. The lowest BCUT2D eigenvalue weighted by molar-refractivity contribution is -0.119. The Morgan fingerprint density at radius 1 is 1.29 bits per heavy atom. The fraction of sp³-hybridized carbons (Fsp3) is 0.391. The van der Waals surface area contributed by atoms with E-state index in [1.54, 1.807) is 19.1 Å². The average molecular weight is 455 g/mol. The van der Waals surface area contributed by atoms with E-state index in [1.165, 1.54) is 19.1 Å². The van der Waals surface area contributed by atoms with Gasteiger partial charge >= 0.3 is 0 Å². The first-order valence-electron chi connectivity index (χ1n) is 9.85. The van der Waals surface area contributed by atoms with Gasteiger partial charge in [0.05, 0.1) is 22.1 Å². The number of hydrogen-bond acceptors (Lipinski definition) is 4. The molecule has 0 aromatic heterocycles. The summed E-state index contributed by atoms with van der Waals surface area (Å²) in [6.45, 7) is 8.87. The molecule has 0 aliphatic heterocycles. The molecule has 4 nitrogen and oxygen atoms in total. The van der Waals surface area contributed by atoms with Crippen LogP contribution in [0.15, 0.2) is 54.4 Å². The summed E-state index contributed by atoms with van der Waals surface area (Å²) < 4.78 is 44.7. The third-order valence-corrected chi connectivity index (χ3v) is 5.31. The average Bonchev–Trinajstić information content (AvgIpc) is 2.87. The van der Waals surface area contributed by atoms with E-state index in [0.717, 1.165) is 30.0 Å². The zero-order chi connectivity index (χ0) is 23.6. The van der Waals surface area contributed by atoms with Crippen molar-refractivity contribution in [3.63, 3.8) is 0 Å². The first-order chi connectivity index (χ1) is 14.5. The smallest absolute Gasteiger partial charge is 0.217 e. The Hall–Kier alpha value is -2.32. The minimum absolute atomic E-state index is 0.102. The van der Waals surface area contributed by atoms with Crippen molar-refractivity contribution in [2.75, 3.05) is 0 Å². The van der Waals surface area contributed by atoms with Crippen molar-refractivity contribution in [2.45, 2.75) is 58.1 Å². The maximum absolute atomic E-state index is 13.6. The first kappa shape index (κ1) is 26.7. The molecule has 0 bridgehead atoms. The van der Waals surface area contributed by atoms with E-state index in [2.05, 4.69) is 5.32 Å². The van der Waals surface area contributed by atoms with Crippen molar-refractivity contribution in [3.8, 4) is 0 Å². The number of amides is 1. The molecule has 0 spiro atoms. The highest BCUT2D eigenvalue weighted by atomic mass is 32.2. The Morgan fingerprint density at radius 2 is 1.97 bits per heavy atom. The summed E-state index contributed by atoms with van der Waals surface area (Å²) in [6.07, 6.45) is 8.64. The number of thioether (sulfide) groups is 1. The number of ether oxygens (including phenoxy) is 1. The van der Waals surface area contributed by atoms with Crippen LogP contribution >= 0.6 is 11.8 Å². The van der Waals surface area contributed by atoms with E-state index >= 15 is 0 Å². The molecule has 2 unspecified atom stereocenters. The molecular formula is C23H29F3N2O2S.